The molecule has 0 unspecified atom stereocenters. The summed E-state index contributed by atoms with van der Waals surface area (Å²) in [5.74, 6) is 1.91. The average molecular weight is 429 g/mol. The molecule has 1 saturated heterocycles. The molecule has 7 nitrogen and oxygen atoms in total. The molecule has 2 heterocycles. The van der Waals surface area contributed by atoms with Gasteiger partial charge in [-0.05, 0) is 44.1 Å². The first-order chi connectivity index (χ1) is 14.6. The third-order valence-corrected chi connectivity index (χ3v) is 5.80. The number of imidazole rings is 1. The summed E-state index contributed by atoms with van der Waals surface area (Å²) in [7, 11) is 3.09. The lowest BCUT2D eigenvalue weighted by molar-refractivity contribution is -0.121. The Labute approximate surface area is 180 Å². The molecular weight excluding hydrogens is 404 g/mol. The van der Waals surface area contributed by atoms with Crippen molar-refractivity contribution in [3.05, 3.63) is 47.2 Å². The number of amides is 1. The van der Waals surface area contributed by atoms with Crippen LogP contribution < -0.4 is 14.8 Å². The predicted molar refractivity (Wildman–Crippen MR) is 117 cm³/mol. The Hall–Kier alpha value is -2.77. The second-order valence-corrected chi connectivity index (χ2v) is 7.83. The summed E-state index contributed by atoms with van der Waals surface area (Å²) in [5, 5.41) is 3.39. The van der Waals surface area contributed by atoms with Crippen LogP contribution >= 0.6 is 11.6 Å². The zero-order valence-electron chi connectivity index (χ0n) is 17.1. The molecule has 158 valence electrons. The molecule has 0 aliphatic carbocycles. The van der Waals surface area contributed by atoms with E-state index < -0.39 is 0 Å². The van der Waals surface area contributed by atoms with Crippen molar-refractivity contribution in [1.82, 2.24) is 14.9 Å². The van der Waals surface area contributed by atoms with Crippen LogP contribution in [0, 0.1) is 5.92 Å². The molecule has 30 heavy (non-hydrogen) atoms. The lowest BCUT2D eigenvalue weighted by atomic mass is 9.95. The van der Waals surface area contributed by atoms with Crippen molar-refractivity contribution in [2.45, 2.75) is 19.4 Å². The van der Waals surface area contributed by atoms with Crippen LogP contribution in [0.4, 0.5) is 5.69 Å². The highest BCUT2D eigenvalue weighted by atomic mass is 35.5. The van der Waals surface area contributed by atoms with Crippen LogP contribution in [0.2, 0.25) is 5.02 Å². The molecule has 0 saturated carbocycles. The molecule has 1 aliphatic heterocycles. The maximum absolute atomic E-state index is 12.8. The number of aromatic nitrogens is 2. The van der Waals surface area contributed by atoms with E-state index in [1.807, 2.05) is 24.3 Å². The second-order valence-electron chi connectivity index (χ2n) is 7.43. The first-order valence-corrected chi connectivity index (χ1v) is 10.3. The number of nitrogens with one attached hydrogen (secondary N) is 2. The van der Waals surface area contributed by atoms with E-state index in [9.17, 15) is 4.79 Å². The lowest BCUT2D eigenvalue weighted by Crippen LogP contribution is -2.38. The number of anilines is 1. The van der Waals surface area contributed by atoms with Crippen molar-refractivity contribution in [3.63, 3.8) is 0 Å². The van der Waals surface area contributed by atoms with Gasteiger partial charge in [0.2, 0.25) is 5.91 Å². The van der Waals surface area contributed by atoms with Gasteiger partial charge in [-0.1, -0.05) is 23.7 Å². The van der Waals surface area contributed by atoms with Crippen molar-refractivity contribution in [3.8, 4) is 11.5 Å². The van der Waals surface area contributed by atoms with Gasteiger partial charge in [-0.3, -0.25) is 9.69 Å². The van der Waals surface area contributed by atoms with Crippen LogP contribution in [-0.2, 0) is 11.3 Å². The van der Waals surface area contributed by atoms with E-state index in [0.29, 0.717) is 22.2 Å². The van der Waals surface area contributed by atoms with E-state index in [1.165, 1.54) is 7.11 Å². The first-order valence-electron chi connectivity index (χ1n) is 9.95. The highest BCUT2D eigenvalue weighted by molar-refractivity contribution is 6.32. The number of piperidine rings is 1. The zero-order valence-corrected chi connectivity index (χ0v) is 17.8. The number of benzene rings is 2. The number of nitrogens with zero attached hydrogens (tertiary/aromatic N) is 2. The molecule has 1 fully saturated rings. The van der Waals surface area contributed by atoms with Gasteiger partial charge in [0.05, 0.1) is 42.5 Å². The Morgan fingerprint density at radius 1 is 1.20 bits per heavy atom. The number of carbonyl (C=O) groups excluding carboxylic acids is 1. The first kappa shape index (κ1) is 20.5. The van der Waals surface area contributed by atoms with Gasteiger partial charge >= 0.3 is 0 Å². The normalized spacial score (nSPS) is 15.3. The summed E-state index contributed by atoms with van der Waals surface area (Å²) in [6.45, 7) is 2.44. The van der Waals surface area contributed by atoms with Crippen LogP contribution in [0.15, 0.2) is 36.4 Å². The fraction of sp³-hybridized carbons (Fsp3) is 0.364. The van der Waals surface area contributed by atoms with Crippen molar-refractivity contribution in [2.75, 3.05) is 32.6 Å². The van der Waals surface area contributed by atoms with Gasteiger partial charge in [0.1, 0.15) is 17.3 Å². The van der Waals surface area contributed by atoms with Gasteiger partial charge in [0, 0.05) is 12.0 Å². The minimum Gasteiger partial charge on any atom is -0.495 e. The molecule has 3 aromatic rings. The minimum atomic E-state index is -0.0532. The third kappa shape index (κ3) is 4.37. The SMILES string of the molecule is COc1cc(OC)c(NC(=O)C2CCN(Cc3nc4ccccc4[nH]3)CC2)cc1Cl. The summed E-state index contributed by atoms with van der Waals surface area (Å²) >= 11 is 6.21. The fourth-order valence-electron chi connectivity index (χ4n) is 3.84. The summed E-state index contributed by atoms with van der Waals surface area (Å²) in [6, 6.07) is 11.4. The van der Waals surface area contributed by atoms with E-state index in [2.05, 4.69) is 20.2 Å². The number of likely N-dealkylation sites (tertiary alicyclic amines) is 1. The highest BCUT2D eigenvalue weighted by Gasteiger charge is 2.26. The van der Waals surface area contributed by atoms with Gasteiger partial charge in [-0.2, -0.15) is 0 Å². The Balaban J connectivity index is 1.35. The second kappa shape index (κ2) is 8.93. The molecule has 0 atom stereocenters. The number of carbonyl (C=O) groups is 1. The monoisotopic (exact) mass is 428 g/mol. The van der Waals surface area contributed by atoms with E-state index in [4.69, 9.17) is 21.1 Å². The summed E-state index contributed by atoms with van der Waals surface area (Å²) in [4.78, 5) is 23.1. The fourth-order valence-corrected chi connectivity index (χ4v) is 4.08. The number of ether oxygens (including phenoxy) is 2. The molecule has 2 N–H and O–H groups in total. The molecule has 8 heteroatoms. The number of fused-ring (bicyclic) bond motifs is 1. The van der Waals surface area contributed by atoms with Gasteiger partial charge in [-0.15, -0.1) is 0 Å². The zero-order chi connectivity index (χ0) is 21.1. The number of rotatable bonds is 6. The van der Waals surface area contributed by atoms with E-state index in [1.54, 1.807) is 19.2 Å². The standard InChI is InChI=1S/C22H25ClN4O3/c1-29-19-12-20(30-2)18(11-15(19)23)26-22(28)14-7-9-27(10-8-14)13-21-24-16-5-3-4-6-17(16)25-21/h3-6,11-12,14H,7-10,13H2,1-2H3,(H,24,25)(H,26,28). The Morgan fingerprint density at radius 3 is 2.63 bits per heavy atom. The van der Waals surface area contributed by atoms with Gasteiger partial charge in [-0.25, -0.2) is 4.98 Å². The lowest BCUT2D eigenvalue weighted by Gasteiger charge is -2.30. The van der Waals surface area contributed by atoms with Crippen LogP contribution in [-0.4, -0.2) is 48.1 Å². The van der Waals surface area contributed by atoms with Crippen LogP contribution in [0.3, 0.4) is 0 Å². The summed E-state index contributed by atoms with van der Waals surface area (Å²) in [5.41, 5.74) is 2.58. The number of H-pyrrole nitrogens is 1. The van der Waals surface area contributed by atoms with Crippen molar-refractivity contribution in [1.29, 1.82) is 0 Å². The van der Waals surface area contributed by atoms with Crippen LogP contribution in [0.5, 0.6) is 11.5 Å². The molecule has 4 rings (SSSR count). The number of para-hydroxylation sites is 2. The minimum absolute atomic E-state index is 0.0158. The van der Waals surface area contributed by atoms with Gasteiger partial charge in [0.15, 0.2) is 0 Å². The van der Waals surface area contributed by atoms with Crippen molar-refractivity contribution < 1.29 is 14.3 Å². The third-order valence-electron chi connectivity index (χ3n) is 5.50. The van der Waals surface area contributed by atoms with Crippen molar-refractivity contribution >= 4 is 34.2 Å². The van der Waals surface area contributed by atoms with E-state index in [-0.39, 0.29) is 11.8 Å². The molecule has 0 spiro atoms. The molecule has 1 aromatic heterocycles. The Morgan fingerprint density at radius 2 is 1.93 bits per heavy atom. The topological polar surface area (TPSA) is 79.5 Å². The van der Waals surface area contributed by atoms with Gasteiger partial charge in [0.25, 0.3) is 0 Å². The molecule has 1 aliphatic rings. The van der Waals surface area contributed by atoms with E-state index >= 15 is 0 Å². The largest absolute Gasteiger partial charge is 0.495 e. The van der Waals surface area contributed by atoms with E-state index in [0.717, 1.165) is 49.3 Å². The number of methoxy groups -OCH3 is 2. The quantitative estimate of drug-likeness (QED) is 0.618. The number of hydrogen-bond donors (Lipinski definition) is 2. The smallest absolute Gasteiger partial charge is 0.227 e. The predicted octanol–water partition coefficient (Wildman–Crippen LogP) is 4.08. The summed E-state index contributed by atoms with van der Waals surface area (Å²) < 4.78 is 10.6. The van der Waals surface area contributed by atoms with Gasteiger partial charge < -0.3 is 19.8 Å². The van der Waals surface area contributed by atoms with Crippen molar-refractivity contribution in [2.24, 2.45) is 5.92 Å². The molecule has 0 radical (unpaired) electrons. The molecule has 0 bridgehead atoms. The molecular formula is C22H25ClN4O3. The number of halogens is 1. The number of hydrogen-bond acceptors (Lipinski definition) is 5. The maximum Gasteiger partial charge on any atom is 0.227 e. The molecule has 2 aromatic carbocycles. The average Bonchev–Trinajstić information content (AvgIpc) is 3.16. The maximum atomic E-state index is 12.8. The Kier molecular flexibility index (Phi) is 6.11. The number of aromatic amines is 1. The summed E-state index contributed by atoms with van der Waals surface area (Å²) in [6.07, 6.45) is 1.58. The highest BCUT2D eigenvalue weighted by Crippen LogP contribution is 2.36. The van der Waals surface area contributed by atoms with Crippen LogP contribution in [0.1, 0.15) is 18.7 Å². The molecule has 1 amide bonds. The van der Waals surface area contributed by atoms with Crippen LogP contribution in [0.25, 0.3) is 11.0 Å². The Bertz CT molecular complexity index is 1010.